The topological polar surface area (TPSA) is 27.7 Å². The van der Waals surface area contributed by atoms with Gasteiger partial charge in [0, 0.05) is 21.1 Å². The van der Waals surface area contributed by atoms with E-state index in [9.17, 15) is 0 Å². The zero-order valence-corrected chi connectivity index (χ0v) is 9.26. The van der Waals surface area contributed by atoms with Gasteiger partial charge in [-0.3, -0.25) is 0 Å². The van der Waals surface area contributed by atoms with Crippen molar-refractivity contribution in [3.63, 3.8) is 0 Å². The van der Waals surface area contributed by atoms with Crippen LogP contribution in [0.5, 0.6) is 0 Å². The Bertz CT molecular complexity index is 93.7. The fourth-order valence-corrected chi connectivity index (χ4v) is 1.64. The van der Waals surface area contributed by atoms with E-state index < -0.39 is 15.7 Å². The molecule has 3 nitrogen and oxygen atoms in total. The molecule has 0 aliphatic heterocycles. The molecule has 0 radical (unpaired) electrons. The molecule has 11 heavy (non-hydrogen) atoms. The first-order valence-electron chi connectivity index (χ1n) is 3.92. The van der Waals surface area contributed by atoms with Crippen molar-refractivity contribution in [2.24, 2.45) is 0 Å². The molecular weight excluding hydrogens is 160 g/mol. The number of rotatable bonds is 6. The molecule has 0 amide bonds. The van der Waals surface area contributed by atoms with Crippen molar-refractivity contribution in [1.82, 2.24) is 0 Å². The van der Waals surface area contributed by atoms with Gasteiger partial charge in [0.25, 0.3) is 5.97 Å². The van der Waals surface area contributed by atoms with Gasteiger partial charge in [0.05, 0.1) is 0 Å². The summed E-state index contributed by atoms with van der Waals surface area (Å²) < 4.78 is 15.5. The summed E-state index contributed by atoms with van der Waals surface area (Å²) in [6.07, 6.45) is 1.18. The van der Waals surface area contributed by atoms with Crippen LogP contribution in [0.2, 0.25) is 6.04 Å². The molecule has 0 aromatic heterocycles. The lowest BCUT2D eigenvalue weighted by Crippen LogP contribution is -2.34. The van der Waals surface area contributed by atoms with E-state index in [1.807, 2.05) is 0 Å². The molecule has 0 fully saturated rings. The van der Waals surface area contributed by atoms with Crippen molar-refractivity contribution >= 4 is 9.76 Å². The second-order valence-corrected chi connectivity index (χ2v) is 3.88. The van der Waals surface area contributed by atoms with Gasteiger partial charge in [-0.05, 0) is 6.04 Å². The van der Waals surface area contributed by atoms with Gasteiger partial charge in [0.1, 0.15) is 0 Å². The molecule has 0 saturated heterocycles. The molecule has 4 heteroatoms. The molecule has 0 bridgehead atoms. The summed E-state index contributed by atoms with van der Waals surface area (Å²) in [5, 5.41) is 0. The van der Waals surface area contributed by atoms with Gasteiger partial charge in [-0.2, -0.15) is 0 Å². The number of ether oxygens (including phenoxy) is 2. The quantitative estimate of drug-likeness (QED) is 0.343. The molecule has 0 saturated carbocycles. The van der Waals surface area contributed by atoms with Crippen molar-refractivity contribution < 1.29 is 13.9 Å². The molecule has 0 aliphatic carbocycles. The molecule has 0 aromatic rings. The lowest BCUT2D eigenvalue weighted by atomic mass is 10.6. The average Bonchev–Trinajstić information content (AvgIpc) is 2.05. The molecule has 0 unspecified atom stereocenters. The molecule has 0 rings (SSSR count). The lowest BCUT2D eigenvalue weighted by molar-refractivity contribution is -0.310. The second kappa shape index (κ2) is 5.71. The monoisotopic (exact) mass is 178 g/mol. The largest absolute Gasteiger partial charge is 0.376 e. The first-order valence-corrected chi connectivity index (χ1v) is 5.50. The zero-order chi connectivity index (χ0) is 8.74. The standard InChI is InChI=1S/C7H18O3Si/c1-5-6-11-10-7(2,8-3)9-4/h5-6,11H2,1-4H3. The number of hydrogen-bond acceptors (Lipinski definition) is 3. The van der Waals surface area contributed by atoms with Crippen LogP contribution in [0.1, 0.15) is 20.3 Å². The molecule has 0 aliphatic rings. The van der Waals surface area contributed by atoms with Crippen LogP contribution in [0.4, 0.5) is 0 Å². The SMILES string of the molecule is CCC[SiH2]OC(C)(OC)OC. The van der Waals surface area contributed by atoms with Crippen LogP contribution in [-0.2, 0) is 13.9 Å². The Labute approximate surface area is 71.0 Å². The summed E-state index contributed by atoms with van der Waals surface area (Å²) in [5.41, 5.74) is 0. The van der Waals surface area contributed by atoms with E-state index >= 15 is 0 Å². The van der Waals surface area contributed by atoms with E-state index in [4.69, 9.17) is 13.9 Å². The highest BCUT2D eigenvalue weighted by molar-refractivity contribution is 6.27. The average molecular weight is 178 g/mol. The second-order valence-electron chi connectivity index (χ2n) is 2.47. The molecule has 0 aromatic carbocycles. The maximum atomic E-state index is 5.46. The fraction of sp³-hybridized carbons (Fsp3) is 1.00. The molecule has 0 spiro atoms. The molecule has 0 heterocycles. The third-order valence-corrected chi connectivity index (χ3v) is 3.33. The summed E-state index contributed by atoms with van der Waals surface area (Å²) in [6.45, 7) is 3.93. The number of methoxy groups -OCH3 is 2. The summed E-state index contributed by atoms with van der Waals surface area (Å²) >= 11 is 0. The van der Waals surface area contributed by atoms with Crippen LogP contribution in [0.15, 0.2) is 0 Å². The highest BCUT2D eigenvalue weighted by Crippen LogP contribution is 2.11. The van der Waals surface area contributed by atoms with Crippen LogP contribution >= 0.6 is 0 Å². The van der Waals surface area contributed by atoms with Gasteiger partial charge >= 0.3 is 0 Å². The van der Waals surface area contributed by atoms with Crippen molar-refractivity contribution in [3.8, 4) is 0 Å². The lowest BCUT2D eigenvalue weighted by Gasteiger charge is -2.26. The van der Waals surface area contributed by atoms with Crippen LogP contribution in [0.25, 0.3) is 0 Å². The van der Waals surface area contributed by atoms with Crippen molar-refractivity contribution in [2.75, 3.05) is 14.2 Å². The van der Waals surface area contributed by atoms with Crippen molar-refractivity contribution in [3.05, 3.63) is 0 Å². The van der Waals surface area contributed by atoms with E-state index in [1.165, 1.54) is 12.5 Å². The molecular formula is C7H18O3Si. The summed E-state index contributed by atoms with van der Waals surface area (Å²) in [7, 11) is 2.71. The zero-order valence-electron chi connectivity index (χ0n) is 7.85. The third-order valence-electron chi connectivity index (χ3n) is 1.60. The summed E-state index contributed by atoms with van der Waals surface area (Å²) in [4.78, 5) is 0. The molecule has 68 valence electrons. The van der Waals surface area contributed by atoms with Crippen molar-refractivity contribution in [1.29, 1.82) is 0 Å². The van der Waals surface area contributed by atoms with Gasteiger partial charge in [-0.1, -0.05) is 13.3 Å². The maximum Gasteiger partial charge on any atom is 0.269 e. The van der Waals surface area contributed by atoms with Gasteiger partial charge in [-0.25, -0.2) is 0 Å². The van der Waals surface area contributed by atoms with E-state index in [-0.39, 0.29) is 0 Å². The fourth-order valence-electron chi connectivity index (χ4n) is 0.603. The first-order chi connectivity index (χ1) is 5.18. The molecule has 0 atom stereocenters. The van der Waals surface area contributed by atoms with Crippen molar-refractivity contribution in [2.45, 2.75) is 32.3 Å². The Balaban J connectivity index is 3.51. The van der Waals surface area contributed by atoms with E-state index in [1.54, 1.807) is 21.1 Å². The van der Waals surface area contributed by atoms with Crippen LogP contribution < -0.4 is 0 Å². The van der Waals surface area contributed by atoms with E-state index in [2.05, 4.69) is 6.92 Å². The minimum atomic E-state index is -0.804. The molecule has 0 N–H and O–H groups in total. The Morgan fingerprint density at radius 1 is 1.27 bits per heavy atom. The van der Waals surface area contributed by atoms with Gasteiger partial charge in [-0.15, -0.1) is 0 Å². The van der Waals surface area contributed by atoms with Gasteiger partial charge < -0.3 is 13.9 Å². The van der Waals surface area contributed by atoms with Crippen LogP contribution in [-0.4, -0.2) is 30.0 Å². The van der Waals surface area contributed by atoms with Gasteiger partial charge in [0.15, 0.2) is 9.76 Å². The highest BCUT2D eigenvalue weighted by Gasteiger charge is 2.22. The third kappa shape index (κ3) is 4.52. The van der Waals surface area contributed by atoms with E-state index in [0.29, 0.717) is 0 Å². The Hall–Kier alpha value is 0.0969. The normalized spacial score (nSPS) is 13.1. The highest BCUT2D eigenvalue weighted by atomic mass is 28.2. The van der Waals surface area contributed by atoms with E-state index in [0.717, 1.165) is 0 Å². The first kappa shape index (κ1) is 11.1. The Morgan fingerprint density at radius 3 is 2.18 bits per heavy atom. The van der Waals surface area contributed by atoms with Crippen LogP contribution in [0.3, 0.4) is 0 Å². The predicted molar refractivity (Wildman–Crippen MR) is 47.2 cm³/mol. The maximum absolute atomic E-state index is 5.46. The Morgan fingerprint density at radius 2 is 1.82 bits per heavy atom. The van der Waals surface area contributed by atoms with Gasteiger partial charge in [0.2, 0.25) is 0 Å². The Kier molecular flexibility index (Phi) is 5.76. The smallest absolute Gasteiger partial charge is 0.269 e. The predicted octanol–water partition coefficient (Wildman–Crippen LogP) is 0.882. The number of hydrogen-bond donors (Lipinski definition) is 0. The minimum absolute atomic E-state index is 0.465. The summed E-state index contributed by atoms with van der Waals surface area (Å²) in [5.74, 6) is -0.804. The summed E-state index contributed by atoms with van der Waals surface area (Å²) in [6, 6.07) is 1.17. The minimum Gasteiger partial charge on any atom is -0.376 e. The van der Waals surface area contributed by atoms with Crippen LogP contribution in [0, 0.1) is 0 Å².